The molecule has 0 saturated carbocycles. The highest BCUT2D eigenvalue weighted by Crippen LogP contribution is 2.43. The van der Waals surface area contributed by atoms with Crippen LogP contribution in [0.5, 0.6) is 0 Å². The summed E-state index contributed by atoms with van der Waals surface area (Å²) in [7, 11) is 0. The highest BCUT2D eigenvalue weighted by molar-refractivity contribution is 6.28. The molecule has 204 valence electrons. The van der Waals surface area contributed by atoms with Crippen molar-refractivity contribution in [2.75, 3.05) is 26.2 Å². The molecule has 38 heavy (non-hydrogen) atoms. The average molecular weight is 538 g/mol. The molecule has 1 N–H and O–H groups in total. The Morgan fingerprint density at radius 2 is 1.66 bits per heavy atom. The van der Waals surface area contributed by atoms with E-state index in [0.29, 0.717) is 5.41 Å². The number of likely N-dealkylation sites (tertiary alicyclic amines) is 2. The number of aromatic nitrogens is 3. The molecule has 2 aromatic heterocycles. The normalized spacial score (nSPS) is 18.7. The number of H-pyrrole nitrogens is 1. The molecule has 2 aliphatic rings. The topological polar surface area (TPSA) is 74.3 Å². The molecule has 1 amide bonds. The average Bonchev–Trinajstić information content (AvgIpc) is 3.27. The number of piperidine rings is 2. The van der Waals surface area contributed by atoms with Crippen LogP contribution in [0.2, 0.25) is 5.28 Å². The summed E-state index contributed by atoms with van der Waals surface area (Å²) in [6.07, 6.45) is 7.13. The lowest BCUT2D eigenvalue weighted by Gasteiger charge is -2.50. The van der Waals surface area contributed by atoms with Crippen LogP contribution >= 0.6 is 11.6 Å². The summed E-state index contributed by atoms with van der Waals surface area (Å²) >= 11 is 5.93. The number of ether oxygens (including phenoxy) is 1. The maximum atomic E-state index is 12.5. The van der Waals surface area contributed by atoms with Gasteiger partial charge in [-0.05, 0) is 114 Å². The first kappa shape index (κ1) is 26.9. The molecule has 2 saturated heterocycles. The van der Waals surface area contributed by atoms with E-state index in [2.05, 4.69) is 64.0 Å². The van der Waals surface area contributed by atoms with Crippen molar-refractivity contribution in [1.29, 1.82) is 0 Å². The number of hydrogen-bond acceptors (Lipinski definition) is 5. The van der Waals surface area contributed by atoms with Gasteiger partial charge in [0.2, 0.25) is 5.28 Å². The molecule has 5 rings (SSSR count). The predicted molar refractivity (Wildman–Crippen MR) is 152 cm³/mol. The lowest BCUT2D eigenvalue weighted by Crippen LogP contribution is -2.54. The monoisotopic (exact) mass is 537 g/mol. The van der Waals surface area contributed by atoms with E-state index in [4.69, 9.17) is 16.3 Å². The number of carbonyl (C=O) groups excluding carboxylic acids is 1. The van der Waals surface area contributed by atoms with Gasteiger partial charge in [0.25, 0.3) is 0 Å². The quantitative estimate of drug-likeness (QED) is 0.374. The van der Waals surface area contributed by atoms with Crippen LogP contribution in [0.25, 0.3) is 22.3 Å². The molecule has 8 heteroatoms. The number of hydrogen-bond donors (Lipinski definition) is 1. The third kappa shape index (κ3) is 5.99. The summed E-state index contributed by atoms with van der Waals surface area (Å²) in [4.78, 5) is 28.7. The Hall–Kier alpha value is -2.64. The molecule has 3 aromatic rings. The number of fused-ring (bicyclic) bond motifs is 1. The van der Waals surface area contributed by atoms with E-state index < -0.39 is 5.60 Å². The first-order chi connectivity index (χ1) is 17.9. The Bertz CT molecular complexity index is 1280. The zero-order valence-electron chi connectivity index (χ0n) is 23.3. The summed E-state index contributed by atoms with van der Waals surface area (Å²) in [5, 5.41) is 1.20. The number of nitrogens with zero attached hydrogens (tertiary/aromatic N) is 4. The summed E-state index contributed by atoms with van der Waals surface area (Å²) in [5.41, 5.74) is 4.23. The Kier molecular flexibility index (Phi) is 7.20. The molecular weight excluding hydrogens is 498 g/mol. The lowest BCUT2D eigenvalue weighted by atomic mass is 9.70. The molecule has 2 aliphatic heterocycles. The van der Waals surface area contributed by atoms with E-state index >= 15 is 0 Å². The molecule has 0 bridgehead atoms. The van der Waals surface area contributed by atoms with E-state index in [1.54, 1.807) is 6.20 Å². The minimum Gasteiger partial charge on any atom is -0.444 e. The second-order valence-corrected chi connectivity index (χ2v) is 13.1. The third-order valence-corrected chi connectivity index (χ3v) is 8.58. The number of rotatable bonds is 4. The fourth-order valence-corrected chi connectivity index (χ4v) is 6.17. The largest absolute Gasteiger partial charge is 0.444 e. The van der Waals surface area contributed by atoms with Crippen molar-refractivity contribution in [3.05, 3.63) is 47.4 Å². The van der Waals surface area contributed by atoms with Gasteiger partial charge in [-0.15, -0.1) is 0 Å². The van der Waals surface area contributed by atoms with Crippen molar-refractivity contribution in [3.63, 3.8) is 0 Å². The number of halogens is 1. The summed E-state index contributed by atoms with van der Waals surface area (Å²) in [6.45, 7) is 14.3. The smallest absolute Gasteiger partial charge is 0.410 e. The summed E-state index contributed by atoms with van der Waals surface area (Å²) < 4.78 is 5.59. The van der Waals surface area contributed by atoms with E-state index in [1.165, 1.54) is 18.4 Å². The standard InChI is InChI=1S/C30H40ClN5O2/c1-28(2,3)38-27(37)35-14-10-30(11-15-35)12-16-36(17-13-30)29(4,5)19-21-6-8-22(9-7-21)24-18-23-20-32-26(31)34-25(23)33-24/h6-9,18,20H,10-17,19H2,1-5H3,(H,32,33,34). The van der Waals surface area contributed by atoms with Gasteiger partial charge in [0.15, 0.2) is 0 Å². The van der Waals surface area contributed by atoms with E-state index in [1.807, 2.05) is 25.7 Å². The van der Waals surface area contributed by atoms with Gasteiger partial charge >= 0.3 is 6.09 Å². The van der Waals surface area contributed by atoms with Crippen molar-refractivity contribution in [2.45, 2.75) is 77.9 Å². The molecule has 0 atom stereocenters. The Balaban J connectivity index is 1.15. The zero-order valence-corrected chi connectivity index (χ0v) is 24.1. The van der Waals surface area contributed by atoms with Crippen LogP contribution in [0, 0.1) is 5.41 Å². The van der Waals surface area contributed by atoms with Crippen LogP contribution in [-0.2, 0) is 11.2 Å². The van der Waals surface area contributed by atoms with Crippen molar-refractivity contribution >= 4 is 28.7 Å². The first-order valence-electron chi connectivity index (χ1n) is 13.8. The van der Waals surface area contributed by atoms with Crippen LogP contribution in [0.4, 0.5) is 4.79 Å². The molecule has 0 radical (unpaired) electrons. The van der Waals surface area contributed by atoms with Crippen molar-refractivity contribution in [2.24, 2.45) is 5.41 Å². The van der Waals surface area contributed by atoms with Gasteiger partial charge in [0, 0.05) is 35.9 Å². The van der Waals surface area contributed by atoms with Crippen LogP contribution in [0.3, 0.4) is 0 Å². The van der Waals surface area contributed by atoms with Gasteiger partial charge in [-0.2, -0.15) is 4.98 Å². The zero-order chi connectivity index (χ0) is 27.1. The number of nitrogens with one attached hydrogen (secondary N) is 1. The van der Waals surface area contributed by atoms with Gasteiger partial charge in [-0.25, -0.2) is 9.78 Å². The number of carbonyl (C=O) groups is 1. The molecule has 2 fully saturated rings. The molecule has 7 nitrogen and oxygen atoms in total. The Labute approximate surface area is 230 Å². The van der Waals surface area contributed by atoms with Gasteiger partial charge in [-0.1, -0.05) is 24.3 Å². The fraction of sp³-hybridized carbons (Fsp3) is 0.567. The highest BCUT2D eigenvalue weighted by Gasteiger charge is 2.41. The van der Waals surface area contributed by atoms with Gasteiger partial charge < -0.3 is 14.6 Å². The van der Waals surface area contributed by atoms with Gasteiger partial charge in [0.05, 0.1) is 0 Å². The SMILES string of the molecule is CC(C)(C)OC(=O)N1CCC2(CC1)CCN(C(C)(C)Cc1ccc(-c3cc4cnc(Cl)nc4[nH]3)cc1)CC2. The van der Waals surface area contributed by atoms with Gasteiger partial charge in [-0.3, -0.25) is 4.90 Å². The van der Waals surface area contributed by atoms with Gasteiger partial charge in [0.1, 0.15) is 11.2 Å². The number of amides is 1. The molecule has 1 spiro atoms. The predicted octanol–water partition coefficient (Wildman–Crippen LogP) is 6.71. The van der Waals surface area contributed by atoms with Crippen LogP contribution in [0.1, 0.15) is 65.9 Å². The van der Waals surface area contributed by atoms with E-state index in [0.717, 1.165) is 67.7 Å². The summed E-state index contributed by atoms with van der Waals surface area (Å²) in [6, 6.07) is 10.9. The Morgan fingerprint density at radius 1 is 1.03 bits per heavy atom. The van der Waals surface area contributed by atoms with E-state index in [-0.39, 0.29) is 16.9 Å². The molecule has 0 aliphatic carbocycles. The van der Waals surface area contributed by atoms with Crippen molar-refractivity contribution < 1.29 is 9.53 Å². The number of benzene rings is 1. The van der Waals surface area contributed by atoms with Crippen molar-refractivity contribution in [3.8, 4) is 11.3 Å². The van der Waals surface area contributed by atoms with Crippen molar-refractivity contribution in [1.82, 2.24) is 24.8 Å². The minimum absolute atomic E-state index is 0.0772. The fourth-order valence-electron chi connectivity index (χ4n) is 6.04. The highest BCUT2D eigenvalue weighted by atomic mass is 35.5. The molecular formula is C30H40ClN5O2. The summed E-state index contributed by atoms with van der Waals surface area (Å²) in [5.74, 6) is 0. The lowest BCUT2D eigenvalue weighted by molar-refractivity contribution is -0.0161. The Morgan fingerprint density at radius 3 is 2.29 bits per heavy atom. The number of aromatic amines is 1. The maximum absolute atomic E-state index is 12.5. The van der Waals surface area contributed by atoms with Crippen LogP contribution in [0.15, 0.2) is 36.5 Å². The maximum Gasteiger partial charge on any atom is 0.410 e. The van der Waals surface area contributed by atoms with E-state index in [9.17, 15) is 4.79 Å². The molecule has 4 heterocycles. The molecule has 1 aromatic carbocycles. The van der Waals surface area contributed by atoms with Crippen LogP contribution < -0.4 is 0 Å². The molecule has 0 unspecified atom stereocenters. The second kappa shape index (κ2) is 10.2. The first-order valence-corrected chi connectivity index (χ1v) is 14.1. The minimum atomic E-state index is -0.440. The third-order valence-electron chi connectivity index (χ3n) is 8.40. The van der Waals surface area contributed by atoms with Crippen LogP contribution in [-0.4, -0.2) is 68.2 Å². The second-order valence-electron chi connectivity index (χ2n) is 12.8.